The minimum atomic E-state index is -1.03. The predicted octanol–water partition coefficient (Wildman–Crippen LogP) is 1.66. The maximum absolute atomic E-state index is 10.4. The summed E-state index contributed by atoms with van der Waals surface area (Å²) in [4.78, 5) is 0. The van der Waals surface area contributed by atoms with Gasteiger partial charge in [-0.15, -0.1) is 0 Å². The highest BCUT2D eigenvalue weighted by Gasteiger charge is 2.61. The van der Waals surface area contributed by atoms with Crippen molar-refractivity contribution >= 4 is 0 Å². The molecule has 2 aromatic rings. The molecule has 5 nitrogen and oxygen atoms in total. The average molecular weight is 342 g/mol. The third kappa shape index (κ3) is 3.61. The van der Waals surface area contributed by atoms with Crippen LogP contribution in [-0.4, -0.2) is 46.8 Å². The summed E-state index contributed by atoms with van der Waals surface area (Å²) in [5.74, 6) is 0. The number of hydrogen-bond acceptors (Lipinski definition) is 5. The van der Waals surface area contributed by atoms with Gasteiger partial charge in [0.05, 0.1) is 13.2 Å². The number of rotatable bonds is 6. The largest absolute Gasteiger partial charge is 0.387 e. The summed E-state index contributed by atoms with van der Waals surface area (Å²) in [5.41, 5.74) is 2.03. The van der Waals surface area contributed by atoms with Gasteiger partial charge >= 0.3 is 0 Å². The fraction of sp³-hybridized carbons (Fsp3) is 0.400. The van der Waals surface area contributed by atoms with Gasteiger partial charge in [0.25, 0.3) is 0 Å². The van der Waals surface area contributed by atoms with Crippen LogP contribution in [0.3, 0.4) is 0 Å². The lowest BCUT2D eigenvalue weighted by molar-refractivity contribution is -0.160. The summed E-state index contributed by atoms with van der Waals surface area (Å²) in [6, 6.07) is 19.5. The summed E-state index contributed by atoms with van der Waals surface area (Å²) in [5, 5.41) is 20.9. The lowest BCUT2D eigenvalue weighted by Crippen LogP contribution is -2.55. The van der Waals surface area contributed by atoms with E-state index in [-0.39, 0.29) is 12.2 Å². The monoisotopic (exact) mass is 342 g/mol. The molecule has 0 amide bonds. The molecule has 6 atom stereocenters. The van der Waals surface area contributed by atoms with E-state index < -0.39 is 24.4 Å². The Morgan fingerprint density at radius 2 is 1.08 bits per heavy atom. The molecule has 4 rings (SSSR count). The first-order valence-electron chi connectivity index (χ1n) is 8.57. The molecule has 25 heavy (non-hydrogen) atoms. The standard InChI is InChI=1S/C20H22O5/c21-15-16(22)18(24-12-14-9-5-2-6-10-14)20-19(25-20)17(15)23-11-13-7-3-1-4-8-13/h1-10,15-22H,11-12H2/t15?,16?,17?,18?,19-,20+. The lowest BCUT2D eigenvalue weighted by atomic mass is 9.89. The van der Waals surface area contributed by atoms with Gasteiger partial charge in [-0.3, -0.25) is 0 Å². The van der Waals surface area contributed by atoms with E-state index in [9.17, 15) is 10.2 Å². The molecule has 0 spiro atoms. The highest BCUT2D eigenvalue weighted by molar-refractivity contribution is 5.16. The van der Waals surface area contributed by atoms with Crippen LogP contribution >= 0.6 is 0 Å². The predicted molar refractivity (Wildman–Crippen MR) is 90.7 cm³/mol. The third-order valence-electron chi connectivity index (χ3n) is 4.80. The van der Waals surface area contributed by atoms with Gasteiger partial charge in [0.15, 0.2) is 0 Å². The van der Waals surface area contributed by atoms with Crippen molar-refractivity contribution in [2.45, 2.75) is 49.8 Å². The quantitative estimate of drug-likeness (QED) is 0.781. The van der Waals surface area contributed by atoms with Crippen molar-refractivity contribution < 1.29 is 24.4 Å². The Balaban J connectivity index is 1.35. The minimum Gasteiger partial charge on any atom is -0.387 e. The van der Waals surface area contributed by atoms with Crippen LogP contribution in [-0.2, 0) is 27.4 Å². The molecular weight excluding hydrogens is 320 g/mol. The summed E-state index contributed by atoms with van der Waals surface area (Å²) in [7, 11) is 0. The van der Waals surface area contributed by atoms with Gasteiger partial charge in [0.1, 0.15) is 36.6 Å². The fourth-order valence-electron chi connectivity index (χ4n) is 3.36. The van der Waals surface area contributed by atoms with E-state index in [0.717, 1.165) is 11.1 Å². The summed E-state index contributed by atoms with van der Waals surface area (Å²) >= 11 is 0. The molecule has 5 heteroatoms. The van der Waals surface area contributed by atoms with Crippen LogP contribution in [0, 0.1) is 0 Å². The van der Waals surface area contributed by atoms with Crippen LogP contribution in [0.25, 0.3) is 0 Å². The maximum atomic E-state index is 10.4. The summed E-state index contributed by atoms with van der Waals surface area (Å²) in [6.07, 6.45) is -3.62. The Hall–Kier alpha value is -1.76. The number of ether oxygens (including phenoxy) is 3. The van der Waals surface area contributed by atoms with Gasteiger partial charge in [-0.05, 0) is 11.1 Å². The van der Waals surface area contributed by atoms with Crippen molar-refractivity contribution in [3.63, 3.8) is 0 Å². The Morgan fingerprint density at radius 1 is 0.680 bits per heavy atom. The number of hydrogen-bond donors (Lipinski definition) is 2. The average Bonchev–Trinajstić information content (AvgIpc) is 3.44. The molecule has 0 radical (unpaired) electrons. The second kappa shape index (κ2) is 7.23. The zero-order valence-corrected chi connectivity index (χ0v) is 13.8. The van der Waals surface area contributed by atoms with E-state index in [1.165, 1.54) is 0 Å². The van der Waals surface area contributed by atoms with Crippen molar-refractivity contribution in [1.29, 1.82) is 0 Å². The van der Waals surface area contributed by atoms with Gasteiger partial charge < -0.3 is 24.4 Å². The Labute approximate surface area is 146 Å². The number of aliphatic hydroxyl groups excluding tert-OH is 2. The molecule has 0 bridgehead atoms. The molecule has 1 aliphatic heterocycles. The lowest BCUT2D eigenvalue weighted by Gasteiger charge is -2.34. The van der Waals surface area contributed by atoms with Gasteiger partial charge in [0.2, 0.25) is 0 Å². The second-order valence-corrected chi connectivity index (χ2v) is 6.57. The number of fused-ring (bicyclic) bond motifs is 1. The molecule has 2 aliphatic rings. The Bertz CT molecular complexity index is 618. The van der Waals surface area contributed by atoms with Gasteiger partial charge in [-0.2, -0.15) is 0 Å². The maximum Gasteiger partial charge on any atom is 0.116 e. The van der Waals surface area contributed by atoms with E-state index in [1.807, 2.05) is 60.7 Å². The normalized spacial score (nSPS) is 33.7. The van der Waals surface area contributed by atoms with Gasteiger partial charge in [0, 0.05) is 0 Å². The minimum absolute atomic E-state index is 0.233. The van der Waals surface area contributed by atoms with Crippen LogP contribution in [0.4, 0.5) is 0 Å². The van der Waals surface area contributed by atoms with Crippen molar-refractivity contribution in [2.24, 2.45) is 0 Å². The second-order valence-electron chi connectivity index (χ2n) is 6.57. The molecule has 1 saturated heterocycles. The number of aliphatic hydroxyl groups is 2. The molecule has 1 aliphatic carbocycles. The summed E-state index contributed by atoms with van der Waals surface area (Å²) < 4.78 is 17.3. The van der Waals surface area contributed by atoms with Crippen molar-refractivity contribution in [1.82, 2.24) is 0 Å². The van der Waals surface area contributed by atoms with Gasteiger partial charge in [-0.25, -0.2) is 0 Å². The Morgan fingerprint density at radius 3 is 1.48 bits per heavy atom. The van der Waals surface area contributed by atoms with E-state index in [2.05, 4.69) is 0 Å². The molecule has 2 aromatic carbocycles. The zero-order chi connectivity index (χ0) is 17.2. The van der Waals surface area contributed by atoms with Crippen molar-refractivity contribution in [3.8, 4) is 0 Å². The highest BCUT2D eigenvalue weighted by atomic mass is 16.7. The zero-order valence-electron chi connectivity index (χ0n) is 13.8. The van der Waals surface area contributed by atoms with Crippen molar-refractivity contribution in [2.75, 3.05) is 0 Å². The van der Waals surface area contributed by atoms with Crippen LogP contribution in [0.2, 0.25) is 0 Å². The number of benzene rings is 2. The van der Waals surface area contributed by atoms with Crippen LogP contribution in [0.5, 0.6) is 0 Å². The topological polar surface area (TPSA) is 71.5 Å². The van der Waals surface area contributed by atoms with E-state index in [4.69, 9.17) is 14.2 Å². The highest BCUT2D eigenvalue weighted by Crippen LogP contribution is 2.41. The molecule has 132 valence electrons. The molecular formula is C20H22O5. The molecule has 4 unspecified atom stereocenters. The van der Waals surface area contributed by atoms with E-state index in [0.29, 0.717) is 13.2 Å². The van der Waals surface area contributed by atoms with E-state index in [1.54, 1.807) is 0 Å². The molecule has 1 heterocycles. The van der Waals surface area contributed by atoms with Crippen LogP contribution in [0.1, 0.15) is 11.1 Å². The van der Waals surface area contributed by atoms with Crippen molar-refractivity contribution in [3.05, 3.63) is 71.8 Å². The van der Waals surface area contributed by atoms with Crippen LogP contribution in [0.15, 0.2) is 60.7 Å². The number of epoxide rings is 1. The fourth-order valence-corrected chi connectivity index (χ4v) is 3.36. The molecule has 2 N–H and O–H groups in total. The van der Waals surface area contributed by atoms with Gasteiger partial charge in [-0.1, -0.05) is 60.7 Å². The first kappa shape index (κ1) is 16.7. The summed E-state index contributed by atoms with van der Waals surface area (Å²) in [6.45, 7) is 0.745. The van der Waals surface area contributed by atoms with E-state index >= 15 is 0 Å². The third-order valence-corrected chi connectivity index (χ3v) is 4.80. The van der Waals surface area contributed by atoms with Crippen LogP contribution < -0.4 is 0 Å². The SMILES string of the molecule is OC1C(O)C(OCc2ccccc2)[C@@H]2O[C@@H]2C1OCc1ccccc1. The molecule has 1 saturated carbocycles. The first-order valence-corrected chi connectivity index (χ1v) is 8.57. The molecule has 2 fully saturated rings. The first-order chi connectivity index (χ1) is 12.2. The molecule has 0 aromatic heterocycles. The smallest absolute Gasteiger partial charge is 0.116 e. The Kier molecular flexibility index (Phi) is 4.83.